The predicted molar refractivity (Wildman–Crippen MR) is 54.6 cm³/mol. The normalized spacial score (nSPS) is 11.2. The molecule has 1 radical (unpaired) electrons. The van der Waals surface area contributed by atoms with E-state index in [1.165, 1.54) is 6.92 Å². The summed E-state index contributed by atoms with van der Waals surface area (Å²) in [5, 5.41) is 19.5. The number of nitrogens with one attached hydrogen (secondary N) is 1. The molecule has 0 heterocycles. The van der Waals surface area contributed by atoms with E-state index >= 15 is 0 Å². The molecule has 1 atom stereocenters. The molecule has 0 aromatic heterocycles. The zero-order chi connectivity index (χ0) is 12.9. The number of carboxylic acids is 2. The topological polar surface area (TPSA) is 130 Å². The zero-order valence-corrected chi connectivity index (χ0v) is 10.0. The summed E-state index contributed by atoms with van der Waals surface area (Å²) in [7, 11) is 0. The first-order chi connectivity index (χ1) is 7.27. The fraction of sp³-hybridized carbons (Fsp3) is 0.444. The Labute approximate surface area is 109 Å². The van der Waals surface area contributed by atoms with Gasteiger partial charge in [-0.3, -0.25) is 14.4 Å². The van der Waals surface area contributed by atoms with Gasteiger partial charge < -0.3 is 21.3 Å². The molecule has 0 saturated carbocycles. The van der Waals surface area contributed by atoms with Crippen molar-refractivity contribution < 1.29 is 41.7 Å². The average Bonchev–Trinajstić information content (AvgIpc) is 2.12. The first kappa shape index (κ1) is 18.0. The molecule has 1 amide bonds. The maximum absolute atomic E-state index is 11.0. The first-order valence-electron chi connectivity index (χ1n) is 4.42. The molecule has 101 valence electrons. The Morgan fingerprint density at radius 3 is 2.00 bits per heavy atom. The van der Waals surface area contributed by atoms with Crippen LogP contribution in [0.15, 0.2) is 12.2 Å². The summed E-state index contributed by atoms with van der Waals surface area (Å²) < 4.78 is 0. The van der Waals surface area contributed by atoms with Gasteiger partial charge in [-0.1, -0.05) is 6.58 Å². The summed E-state index contributed by atoms with van der Waals surface area (Å²) in [5.74, 6) is -5.32. The summed E-state index contributed by atoms with van der Waals surface area (Å²) in [6.07, 6.45) is 0. The molecule has 0 aromatic carbocycles. The Morgan fingerprint density at radius 2 is 1.71 bits per heavy atom. The zero-order valence-electron chi connectivity index (χ0n) is 9.07. The van der Waals surface area contributed by atoms with Crippen LogP contribution >= 0.6 is 0 Å². The minimum Gasteiger partial charge on any atom is -0.481 e. The molecule has 0 aromatic rings. The summed E-state index contributed by atoms with van der Waals surface area (Å²) >= 11 is 0. The molecule has 0 fully saturated rings. The van der Waals surface area contributed by atoms with Gasteiger partial charge in [-0.25, -0.2) is 0 Å². The first-order valence-corrected chi connectivity index (χ1v) is 4.42. The molecule has 0 saturated heterocycles. The fourth-order valence-electron chi connectivity index (χ4n) is 0.951. The molecule has 0 aliphatic heterocycles. The van der Waals surface area contributed by atoms with E-state index in [4.69, 9.17) is 15.9 Å². The van der Waals surface area contributed by atoms with Crippen molar-refractivity contribution in [2.75, 3.05) is 6.54 Å². The molecule has 1 unspecified atom stereocenters. The molecular formula is C9H14CuN2O5. The van der Waals surface area contributed by atoms with Crippen molar-refractivity contribution in [3.05, 3.63) is 12.2 Å². The van der Waals surface area contributed by atoms with E-state index in [1.54, 1.807) is 0 Å². The van der Waals surface area contributed by atoms with Gasteiger partial charge in [0.1, 0.15) is 0 Å². The average molecular weight is 294 g/mol. The van der Waals surface area contributed by atoms with E-state index in [-0.39, 0.29) is 29.2 Å². The number of carbonyl (C=O) groups is 3. The molecule has 0 spiro atoms. The van der Waals surface area contributed by atoms with Gasteiger partial charge >= 0.3 is 11.9 Å². The van der Waals surface area contributed by atoms with Gasteiger partial charge in [-0.2, -0.15) is 0 Å². The van der Waals surface area contributed by atoms with E-state index in [9.17, 15) is 14.4 Å². The number of amides is 1. The smallest absolute Gasteiger partial charge is 0.319 e. The van der Waals surface area contributed by atoms with Crippen molar-refractivity contribution in [3.8, 4) is 0 Å². The van der Waals surface area contributed by atoms with Crippen molar-refractivity contribution >= 4 is 17.8 Å². The van der Waals surface area contributed by atoms with Crippen molar-refractivity contribution in [3.63, 3.8) is 0 Å². The van der Waals surface area contributed by atoms with E-state index < -0.39 is 29.8 Å². The fourth-order valence-corrected chi connectivity index (χ4v) is 0.951. The van der Waals surface area contributed by atoms with Crippen LogP contribution in [0.2, 0.25) is 0 Å². The minimum atomic E-state index is -1.74. The molecule has 0 aliphatic rings. The number of aliphatic carboxylic acids is 2. The van der Waals surface area contributed by atoms with Crippen LogP contribution in [0.3, 0.4) is 0 Å². The van der Waals surface area contributed by atoms with Crippen molar-refractivity contribution in [1.82, 2.24) is 5.32 Å². The molecule has 0 rings (SSSR count). The van der Waals surface area contributed by atoms with E-state index in [0.717, 1.165) is 0 Å². The number of hydrogen-bond donors (Lipinski definition) is 4. The number of hydrogen-bond acceptors (Lipinski definition) is 4. The predicted octanol–water partition coefficient (Wildman–Crippen LogP) is -1.21. The molecule has 0 aliphatic carbocycles. The third kappa shape index (κ3) is 6.06. The second-order valence-corrected chi connectivity index (χ2v) is 3.31. The van der Waals surface area contributed by atoms with Crippen LogP contribution in [-0.4, -0.2) is 40.6 Å². The van der Waals surface area contributed by atoms with Crippen molar-refractivity contribution in [2.24, 2.45) is 11.7 Å². The largest absolute Gasteiger partial charge is 0.481 e. The monoisotopic (exact) mass is 293 g/mol. The van der Waals surface area contributed by atoms with Crippen LogP contribution in [0.5, 0.6) is 0 Å². The molecule has 7 nitrogen and oxygen atoms in total. The maximum Gasteiger partial charge on any atom is 0.319 e. The summed E-state index contributed by atoms with van der Waals surface area (Å²) in [5.41, 5.74) is 5.59. The number of nitrogens with two attached hydrogens (primary N) is 1. The molecule has 0 bridgehead atoms. The van der Waals surface area contributed by atoms with E-state index in [1.807, 2.05) is 0 Å². The van der Waals surface area contributed by atoms with Gasteiger partial charge in [0.05, 0.1) is 0 Å². The van der Waals surface area contributed by atoms with E-state index in [0.29, 0.717) is 0 Å². The Kier molecular flexibility index (Phi) is 8.29. The summed E-state index contributed by atoms with van der Waals surface area (Å²) in [6, 6.07) is -1.20. The quantitative estimate of drug-likeness (QED) is 0.276. The maximum atomic E-state index is 11.0. The van der Waals surface area contributed by atoms with E-state index in [2.05, 4.69) is 11.9 Å². The Morgan fingerprint density at radius 1 is 1.29 bits per heavy atom. The standard InChI is InChI=1S/C9H14N2O5.Cu/c1-4(2)7(12)11-3-5(10)6(8(13)14)9(15)16;/h5-6H,1,3,10H2,2H3,(H,11,12)(H,13,14)(H,15,16);. The number of carboxylic acid groups (broad SMARTS) is 2. The second-order valence-electron chi connectivity index (χ2n) is 3.31. The van der Waals surface area contributed by atoms with Crippen LogP contribution < -0.4 is 11.1 Å². The van der Waals surface area contributed by atoms with Gasteiger partial charge in [-0.05, 0) is 6.92 Å². The Balaban J connectivity index is 0. The molecular weight excluding hydrogens is 280 g/mol. The molecule has 8 heteroatoms. The van der Waals surface area contributed by atoms with Crippen LogP contribution in [0.1, 0.15) is 6.92 Å². The Hall–Kier alpha value is -1.37. The van der Waals surface area contributed by atoms with Crippen LogP contribution in [0, 0.1) is 5.92 Å². The Bertz CT molecular complexity index is 317. The van der Waals surface area contributed by atoms with Gasteiger partial charge in [-0.15, -0.1) is 0 Å². The summed E-state index contributed by atoms with van der Waals surface area (Å²) in [6.45, 7) is 4.59. The number of carbonyl (C=O) groups excluding carboxylic acids is 1. The van der Waals surface area contributed by atoms with Crippen LogP contribution in [0.4, 0.5) is 0 Å². The van der Waals surface area contributed by atoms with Crippen LogP contribution in [-0.2, 0) is 31.5 Å². The molecule has 17 heavy (non-hydrogen) atoms. The van der Waals surface area contributed by atoms with Gasteiger partial charge in [0.2, 0.25) is 5.91 Å². The summed E-state index contributed by atoms with van der Waals surface area (Å²) in [4.78, 5) is 32.2. The SMILES string of the molecule is C=C(C)C(=O)NCC(N)C(C(=O)O)C(=O)O.[Cu]. The van der Waals surface area contributed by atoms with Gasteiger partial charge in [0.25, 0.3) is 0 Å². The minimum absolute atomic E-state index is 0. The van der Waals surface area contributed by atoms with Crippen LogP contribution in [0.25, 0.3) is 0 Å². The third-order valence-corrected chi connectivity index (χ3v) is 1.85. The van der Waals surface area contributed by atoms with Gasteiger partial charge in [0, 0.05) is 35.2 Å². The van der Waals surface area contributed by atoms with Crippen molar-refractivity contribution in [2.45, 2.75) is 13.0 Å². The third-order valence-electron chi connectivity index (χ3n) is 1.85. The van der Waals surface area contributed by atoms with Gasteiger partial charge in [0.15, 0.2) is 5.92 Å². The second kappa shape index (κ2) is 7.83. The number of rotatable bonds is 6. The molecule has 5 N–H and O–H groups in total. The van der Waals surface area contributed by atoms with Crippen molar-refractivity contribution in [1.29, 1.82) is 0 Å².